The van der Waals surface area contributed by atoms with E-state index in [9.17, 15) is 9.59 Å². The fourth-order valence-corrected chi connectivity index (χ4v) is 2.40. The van der Waals surface area contributed by atoms with Crippen molar-refractivity contribution in [1.29, 1.82) is 0 Å². The molecule has 6 heteroatoms. The number of anilines is 1. The van der Waals surface area contributed by atoms with Crippen molar-refractivity contribution in [2.45, 2.75) is 26.2 Å². The zero-order chi connectivity index (χ0) is 17.4. The van der Waals surface area contributed by atoms with Crippen LogP contribution >= 0.6 is 12.2 Å². The summed E-state index contributed by atoms with van der Waals surface area (Å²) in [5.41, 5.74) is 0.820. The Kier molecular flexibility index (Phi) is 6.69. The minimum atomic E-state index is -0.375. The van der Waals surface area contributed by atoms with Crippen molar-refractivity contribution < 1.29 is 14.3 Å². The van der Waals surface area contributed by atoms with Gasteiger partial charge in [-0.05, 0) is 30.1 Å². The molecule has 24 heavy (non-hydrogen) atoms. The highest BCUT2D eigenvalue weighted by Crippen LogP contribution is 2.22. The maximum Gasteiger partial charge on any atom is 0.306 e. The van der Waals surface area contributed by atoms with Crippen LogP contribution in [0, 0.1) is 0 Å². The lowest BCUT2D eigenvalue weighted by Crippen LogP contribution is -2.34. The maximum absolute atomic E-state index is 11.8. The smallest absolute Gasteiger partial charge is 0.306 e. The van der Waals surface area contributed by atoms with Crippen molar-refractivity contribution in [3.63, 3.8) is 0 Å². The first-order valence-corrected chi connectivity index (χ1v) is 8.25. The van der Waals surface area contributed by atoms with Crippen molar-refractivity contribution in [2.24, 2.45) is 0 Å². The third kappa shape index (κ3) is 5.31. The van der Waals surface area contributed by atoms with E-state index in [1.54, 1.807) is 0 Å². The van der Waals surface area contributed by atoms with Gasteiger partial charge in [-0.15, -0.1) is 0 Å². The summed E-state index contributed by atoms with van der Waals surface area (Å²) in [6.45, 7) is 2.29. The molecule has 0 aliphatic rings. The number of carbonyl (C=O) groups is 2. The van der Waals surface area contributed by atoms with Gasteiger partial charge in [0.25, 0.3) is 0 Å². The Morgan fingerprint density at radius 2 is 1.83 bits per heavy atom. The first-order valence-electron chi connectivity index (χ1n) is 7.84. The lowest BCUT2D eigenvalue weighted by Gasteiger charge is -2.11. The predicted octanol–water partition coefficient (Wildman–Crippen LogP) is 3.39. The molecule has 0 fully saturated rings. The van der Waals surface area contributed by atoms with E-state index < -0.39 is 0 Å². The number of nitrogens with one attached hydrogen (secondary N) is 2. The van der Waals surface area contributed by atoms with E-state index in [1.807, 2.05) is 49.4 Å². The van der Waals surface area contributed by atoms with E-state index in [0.717, 1.165) is 22.9 Å². The molecule has 2 N–H and O–H groups in total. The van der Waals surface area contributed by atoms with Crippen LogP contribution in [0.4, 0.5) is 5.69 Å². The third-order valence-electron chi connectivity index (χ3n) is 3.31. The number of esters is 1. The Hall–Kier alpha value is -2.47. The number of benzene rings is 2. The molecule has 5 nitrogen and oxygen atoms in total. The molecule has 2 aromatic rings. The van der Waals surface area contributed by atoms with Crippen molar-refractivity contribution >= 4 is 45.7 Å². The summed E-state index contributed by atoms with van der Waals surface area (Å²) in [6, 6.07) is 13.7. The van der Waals surface area contributed by atoms with E-state index in [0.29, 0.717) is 6.61 Å². The van der Waals surface area contributed by atoms with Crippen LogP contribution in [-0.2, 0) is 14.3 Å². The van der Waals surface area contributed by atoms with Crippen LogP contribution in [0.1, 0.15) is 26.2 Å². The molecule has 1 amide bonds. The monoisotopic (exact) mass is 344 g/mol. The number of hydrogen-bond acceptors (Lipinski definition) is 4. The molecule has 0 spiro atoms. The summed E-state index contributed by atoms with van der Waals surface area (Å²) in [7, 11) is 0. The minimum absolute atomic E-state index is 0.0416. The Morgan fingerprint density at radius 3 is 2.62 bits per heavy atom. The lowest BCUT2D eigenvalue weighted by molar-refractivity contribution is -0.144. The molecule has 126 valence electrons. The molecule has 0 bridgehead atoms. The van der Waals surface area contributed by atoms with Gasteiger partial charge in [-0.3, -0.25) is 9.59 Å². The average Bonchev–Trinajstić information content (AvgIpc) is 2.58. The summed E-state index contributed by atoms with van der Waals surface area (Å²) in [5, 5.41) is 7.90. The fraction of sp³-hybridized carbons (Fsp3) is 0.278. The summed E-state index contributed by atoms with van der Waals surface area (Å²) in [5.74, 6) is -0.693. The maximum atomic E-state index is 11.8. The number of fused-ring (bicyclic) bond motifs is 1. The second-order valence-corrected chi connectivity index (χ2v) is 5.66. The predicted molar refractivity (Wildman–Crippen MR) is 98.8 cm³/mol. The molecule has 0 aliphatic heterocycles. The quantitative estimate of drug-likeness (QED) is 0.621. The third-order valence-corrected chi connectivity index (χ3v) is 3.52. The Balaban J connectivity index is 1.86. The van der Waals surface area contributed by atoms with Gasteiger partial charge in [-0.25, -0.2) is 0 Å². The van der Waals surface area contributed by atoms with Crippen LogP contribution in [0.2, 0.25) is 0 Å². The molecule has 0 atom stereocenters. The van der Waals surface area contributed by atoms with Gasteiger partial charge >= 0.3 is 5.97 Å². The average molecular weight is 344 g/mol. The molecule has 0 aliphatic carbocycles. The molecular weight excluding hydrogens is 324 g/mol. The molecule has 0 radical (unpaired) electrons. The molecule has 0 unspecified atom stereocenters. The van der Waals surface area contributed by atoms with E-state index in [4.69, 9.17) is 17.0 Å². The van der Waals surface area contributed by atoms with Gasteiger partial charge < -0.3 is 15.4 Å². The first-order chi connectivity index (χ1) is 11.6. The Bertz CT molecular complexity index is 741. The largest absolute Gasteiger partial charge is 0.466 e. The van der Waals surface area contributed by atoms with E-state index in [-0.39, 0.29) is 29.8 Å². The number of rotatable bonds is 6. The van der Waals surface area contributed by atoms with Gasteiger partial charge in [0.1, 0.15) is 0 Å². The van der Waals surface area contributed by atoms with Gasteiger partial charge in [-0.1, -0.05) is 43.3 Å². The highest BCUT2D eigenvalue weighted by molar-refractivity contribution is 7.80. The van der Waals surface area contributed by atoms with E-state index in [2.05, 4.69) is 10.6 Å². The van der Waals surface area contributed by atoms with Crippen molar-refractivity contribution in [2.75, 3.05) is 11.9 Å². The van der Waals surface area contributed by atoms with Crippen LogP contribution in [0.15, 0.2) is 42.5 Å². The summed E-state index contributed by atoms with van der Waals surface area (Å²) >= 11 is 5.17. The normalized spacial score (nSPS) is 10.2. The van der Waals surface area contributed by atoms with Gasteiger partial charge in [-0.2, -0.15) is 0 Å². The summed E-state index contributed by atoms with van der Waals surface area (Å²) < 4.78 is 4.92. The van der Waals surface area contributed by atoms with Crippen LogP contribution in [-0.4, -0.2) is 23.6 Å². The minimum Gasteiger partial charge on any atom is -0.466 e. The number of thiocarbonyl (C=S) groups is 1. The number of hydrogen-bond donors (Lipinski definition) is 2. The molecule has 0 aromatic heterocycles. The molecule has 0 saturated carbocycles. The van der Waals surface area contributed by atoms with Crippen LogP contribution in [0.5, 0.6) is 0 Å². The van der Waals surface area contributed by atoms with Crippen molar-refractivity contribution in [3.8, 4) is 0 Å². The Labute approximate surface area is 146 Å². The second kappa shape index (κ2) is 8.98. The summed E-state index contributed by atoms with van der Waals surface area (Å²) in [4.78, 5) is 23.2. The number of carbonyl (C=O) groups excluding carboxylic acids is 2. The van der Waals surface area contributed by atoms with Gasteiger partial charge in [0.05, 0.1) is 13.0 Å². The van der Waals surface area contributed by atoms with E-state index in [1.165, 1.54) is 0 Å². The molecule has 0 saturated heterocycles. The second-order valence-electron chi connectivity index (χ2n) is 5.25. The zero-order valence-electron chi connectivity index (χ0n) is 13.5. The number of amides is 1. The molecule has 2 aromatic carbocycles. The van der Waals surface area contributed by atoms with Crippen LogP contribution in [0.3, 0.4) is 0 Å². The van der Waals surface area contributed by atoms with Crippen LogP contribution < -0.4 is 10.6 Å². The molecule has 0 heterocycles. The Morgan fingerprint density at radius 1 is 1.08 bits per heavy atom. The highest BCUT2D eigenvalue weighted by Gasteiger charge is 2.10. The standard InChI is InChI=1S/C18H20N2O3S/c1-2-12-23-17(22)11-10-16(21)20-18(24)19-15-9-5-7-13-6-3-4-8-14(13)15/h3-9H,2,10-12H2,1H3,(H2,19,20,21,24). The van der Waals surface area contributed by atoms with Crippen LogP contribution in [0.25, 0.3) is 10.8 Å². The zero-order valence-corrected chi connectivity index (χ0v) is 14.3. The molecule has 2 rings (SSSR count). The first kappa shape index (κ1) is 17.9. The van der Waals surface area contributed by atoms with Crippen molar-refractivity contribution in [3.05, 3.63) is 42.5 Å². The molecular formula is C18H20N2O3S. The van der Waals surface area contributed by atoms with Gasteiger partial charge in [0.2, 0.25) is 5.91 Å². The lowest BCUT2D eigenvalue weighted by atomic mass is 10.1. The highest BCUT2D eigenvalue weighted by atomic mass is 32.1. The number of ether oxygens (including phenoxy) is 1. The van der Waals surface area contributed by atoms with Crippen molar-refractivity contribution in [1.82, 2.24) is 5.32 Å². The topological polar surface area (TPSA) is 67.4 Å². The fourth-order valence-electron chi connectivity index (χ4n) is 2.18. The van der Waals surface area contributed by atoms with E-state index >= 15 is 0 Å². The van der Waals surface area contributed by atoms with Gasteiger partial charge in [0.15, 0.2) is 5.11 Å². The SMILES string of the molecule is CCCOC(=O)CCC(=O)NC(=S)Nc1cccc2ccccc12. The van der Waals surface area contributed by atoms with Gasteiger partial charge in [0, 0.05) is 17.5 Å². The summed E-state index contributed by atoms with van der Waals surface area (Å²) in [6.07, 6.45) is 0.847.